The van der Waals surface area contributed by atoms with Crippen LogP contribution in [0.25, 0.3) is 0 Å². The van der Waals surface area contributed by atoms with Crippen molar-refractivity contribution in [3.05, 3.63) is 0 Å². The van der Waals surface area contributed by atoms with Crippen LogP contribution in [0.5, 0.6) is 0 Å². The average molecular weight is 310 g/mol. The molecule has 2 fully saturated rings. The molecule has 0 bridgehead atoms. The zero-order valence-electron chi connectivity index (χ0n) is 12.5. The normalized spacial score (nSPS) is 20.5. The van der Waals surface area contributed by atoms with Crippen LogP contribution in [0, 0.1) is 11.8 Å². The number of amides is 4. The van der Waals surface area contributed by atoms with Crippen molar-refractivity contribution < 1.29 is 19.2 Å². The maximum Gasteiger partial charge on any atom is 0.316 e. The van der Waals surface area contributed by atoms with Gasteiger partial charge in [0.05, 0.1) is 0 Å². The Balaban J connectivity index is 1.81. The van der Waals surface area contributed by atoms with Crippen LogP contribution in [0.4, 0.5) is 0 Å². The fraction of sp³-hybridized carbons (Fsp3) is 0.714. The van der Waals surface area contributed by atoms with Crippen molar-refractivity contribution >= 4 is 23.6 Å². The molecule has 8 heteroatoms. The van der Waals surface area contributed by atoms with E-state index in [0.29, 0.717) is 38.8 Å². The predicted octanol–water partition coefficient (Wildman–Crippen LogP) is -1.65. The average Bonchev–Trinajstić information content (AvgIpc) is 2.55. The Bertz CT molecular complexity index is 465. The molecule has 22 heavy (non-hydrogen) atoms. The van der Waals surface area contributed by atoms with E-state index >= 15 is 0 Å². The number of carbonyl (C=O) groups excluding carboxylic acids is 4. The van der Waals surface area contributed by atoms with Crippen molar-refractivity contribution in [1.29, 1.82) is 0 Å². The van der Waals surface area contributed by atoms with Crippen LogP contribution in [-0.4, -0.2) is 54.7 Å². The van der Waals surface area contributed by atoms with Crippen molar-refractivity contribution in [1.82, 2.24) is 15.5 Å². The summed E-state index contributed by atoms with van der Waals surface area (Å²) in [6.07, 6.45) is 2.24. The predicted molar refractivity (Wildman–Crippen MR) is 77.2 cm³/mol. The Morgan fingerprint density at radius 2 is 1.55 bits per heavy atom. The summed E-state index contributed by atoms with van der Waals surface area (Å²) in [7, 11) is 0. The molecule has 0 aromatic carbocycles. The minimum atomic E-state index is -0.888. The monoisotopic (exact) mass is 310 g/mol. The number of likely N-dealkylation sites (tertiary alicyclic amines) is 1. The maximum atomic E-state index is 12.0. The molecular weight excluding hydrogens is 288 g/mol. The summed E-state index contributed by atoms with van der Waals surface area (Å²) in [6, 6.07) is 0. The third-order valence-electron chi connectivity index (χ3n) is 4.33. The minimum absolute atomic E-state index is 0.224. The molecule has 2 aliphatic heterocycles. The molecule has 0 aromatic rings. The fourth-order valence-electron chi connectivity index (χ4n) is 2.86. The van der Waals surface area contributed by atoms with Crippen LogP contribution in [0.15, 0.2) is 0 Å². The number of nitrogens with zero attached hydrogens (tertiary/aromatic N) is 1. The minimum Gasteiger partial charge on any atom is -0.369 e. The van der Waals surface area contributed by atoms with Gasteiger partial charge in [0.1, 0.15) is 0 Å². The number of nitrogens with two attached hydrogens (primary N) is 1. The van der Waals surface area contributed by atoms with Crippen molar-refractivity contribution in [2.45, 2.75) is 25.7 Å². The molecule has 2 heterocycles. The number of hydrogen-bond donors (Lipinski definition) is 3. The molecule has 0 unspecified atom stereocenters. The molecular formula is C14H22N4O4. The van der Waals surface area contributed by atoms with E-state index in [1.165, 1.54) is 4.90 Å². The lowest BCUT2D eigenvalue weighted by Crippen LogP contribution is -2.50. The molecule has 0 spiro atoms. The molecule has 0 saturated carbocycles. The summed E-state index contributed by atoms with van der Waals surface area (Å²) >= 11 is 0. The molecule has 122 valence electrons. The Morgan fingerprint density at radius 1 is 0.955 bits per heavy atom. The van der Waals surface area contributed by atoms with Crippen molar-refractivity contribution in [3.8, 4) is 0 Å². The van der Waals surface area contributed by atoms with E-state index in [0.717, 1.165) is 13.1 Å². The summed E-state index contributed by atoms with van der Waals surface area (Å²) in [5, 5.41) is 5.32. The number of rotatable bonds is 2. The van der Waals surface area contributed by atoms with Gasteiger partial charge in [-0.05, 0) is 38.8 Å². The van der Waals surface area contributed by atoms with Gasteiger partial charge in [0.2, 0.25) is 11.8 Å². The largest absolute Gasteiger partial charge is 0.369 e. The SMILES string of the molecule is NC(=O)C1CCN(C(=O)C(=O)NC(=O)C2CCNCC2)CC1. The molecule has 0 aromatic heterocycles. The Kier molecular flexibility index (Phi) is 5.48. The van der Waals surface area contributed by atoms with Gasteiger partial charge in [0.25, 0.3) is 0 Å². The summed E-state index contributed by atoms with van der Waals surface area (Å²) in [5.74, 6) is -2.84. The number of carbonyl (C=O) groups is 4. The van der Waals surface area contributed by atoms with Gasteiger partial charge in [-0.3, -0.25) is 24.5 Å². The molecule has 2 aliphatic rings. The van der Waals surface area contributed by atoms with Gasteiger partial charge in [0, 0.05) is 24.9 Å². The number of primary amides is 1. The Morgan fingerprint density at radius 3 is 2.09 bits per heavy atom. The van der Waals surface area contributed by atoms with E-state index in [-0.39, 0.29) is 23.7 Å². The lowest BCUT2D eigenvalue weighted by atomic mass is 9.96. The highest BCUT2D eigenvalue weighted by atomic mass is 16.2. The number of piperidine rings is 2. The van der Waals surface area contributed by atoms with Gasteiger partial charge < -0.3 is 16.0 Å². The molecule has 4 N–H and O–H groups in total. The van der Waals surface area contributed by atoms with Crippen molar-refractivity contribution in [2.24, 2.45) is 17.6 Å². The van der Waals surface area contributed by atoms with E-state index in [1.54, 1.807) is 0 Å². The molecule has 4 amide bonds. The van der Waals surface area contributed by atoms with Crippen LogP contribution in [-0.2, 0) is 19.2 Å². The van der Waals surface area contributed by atoms with E-state index in [2.05, 4.69) is 10.6 Å². The maximum absolute atomic E-state index is 12.0. The van der Waals surface area contributed by atoms with Gasteiger partial charge in [-0.25, -0.2) is 0 Å². The number of imide groups is 1. The number of nitrogens with one attached hydrogen (secondary N) is 2. The molecule has 2 rings (SSSR count). The van der Waals surface area contributed by atoms with Gasteiger partial charge in [-0.2, -0.15) is 0 Å². The third-order valence-corrected chi connectivity index (χ3v) is 4.33. The van der Waals surface area contributed by atoms with Crippen LogP contribution >= 0.6 is 0 Å². The highest BCUT2D eigenvalue weighted by Crippen LogP contribution is 2.17. The third kappa shape index (κ3) is 4.03. The summed E-state index contributed by atoms with van der Waals surface area (Å²) in [4.78, 5) is 48.3. The van der Waals surface area contributed by atoms with Gasteiger partial charge in [-0.15, -0.1) is 0 Å². The first-order chi connectivity index (χ1) is 10.5. The molecule has 8 nitrogen and oxygen atoms in total. The first kappa shape index (κ1) is 16.4. The summed E-state index contributed by atoms with van der Waals surface area (Å²) in [6.45, 7) is 2.09. The van der Waals surface area contributed by atoms with Crippen LogP contribution in [0.1, 0.15) is 25.7 Å². The van der Waals surface area contributed by atoms with Gasteiger partial charge >= 0.3 is 11.8 Å². The second kappa shape index (κ2) is 7.35. The van der Waals surface area contributed by atoms with E-state index in [1.807, 2.05) is 0 Å². The first-order valence-corrected chi connectivity index (χ1v) is 7.63. The smallest absolute Gasteiger partial charge is 0.316 e. The van der Waals surface area contributed by atoms with E-state index < -0.39 is 11.8 Å². The zero-order valence-corrected chi connectivity index (χ0v) is 12.5. The summed E-state index contributed by atoms with van der Waals surface area (Å²) < 4.78 is 0. The fourth-order valence-corrected chi connectivity index (χ4v) is 2.86. The van der Waals surface area contributed by atoms with E-state index in [9.17, 15) is 19.2 Å². The second-order valence-corrected chi connectivity index (χ2v) is 5.81. The second-order valence-electron chi connectivity index (χ2n) is 5.81. The molecule has 0 radical (unpaired) electrons. The van der Waals surface area contributed by atoms with Crippen molar-refractivity contribution in [2.75, 3.05) is 26.2 Å². The van der Waals surface area contributed by atoms with E-state index in [4.69, 9.17) is 5.73 Å². The number of hydrogen-bond acceptors (Lipinski definition) is 5. The Labute approximate surface area is 128 Å². The molecule has 0 atom stereocenters. The molecule has 2 saturated heterocycles. The quantitative estimate of drug-likeness (QED) is 0.528. The highest BCUT2D eigenvalue weighted by Gasteiger charge is 2.31. The standard InChI is InChI=1S/C14H22N4O4/c15-11(19)9-3-7-18(8-4-9)14(22)13(21)17-12(20)10-1-5-16-6-2-10/h9-10,16H,1-8H2,(H2,15,19)(H,17,20,21). The van der Waals surface area contributed by atoms with Crippen molar-refractivity contribution in [3.63, 3.8) is 0 Å². The van der Waals surface area contributed by atoms with Crippen LogP contribution in [0.2, 0.25) is 0 Å². The topological polar surface area (TPSA) is 122 Å². The lowest BCUT2D eigenvalue weighted by Gasteiger charge is -2.30. The Hall–Kier alpha value is -1.96. The summed E-state index contributed by atoms with van der Waals surface area (Å²) in [5.41, 5.74) is 5.23. The van der Waals surface area contributed by atoms with Crippen LogP contribution in [0.3, 0.4) is 0 Å². The molecule has 0 aliphatic carbocycles. The van der Waals surface area contributed by atoms with Gasteiger partial charge in [-0.1, -0.05) is 0 Å². The zero-order chi connectivity index (χ0) is 16.1. The van der Waals surface area contributed by atoms with Gasteiger partial charge in [0.15, 0.2) is 0 Å². The lowest BCUT2D eigenvalue weighted by molar-refractivity contribution is -0.149. The van der Waals surface area contributed by atoms with Crippen LogP contribution < -0.4 is 16.4 Å². The highest BCUT2D eigenvalue weighted by molar-refractivity contribution is 6.37. The first-order valence-electron chi connectivity index (χ1n) is 7.63.